The number of nitrogens with one attached hydrogen (secondary N) is 3. The molecule has 2 aliphatic heterocycles. The highest BCUT2D eigenvalue weighted by molar-refractivity contribution is 5.96. The molecule has 2 heterocycles. The lowest BCUT2D eigenvalue weighted by atomic mass is 9.33. The first-order valence-electron chi connectivity index (χ1n) is 32.9. The molecule has 22 atom stereocenters. The van der Waals surface area contributed by atoms with Crippen molar-refractivity contribution in [1.82, 2.24) is 16.0 Å². The maximum atomic E-state index is 15.6. The second-order valence-corrected chi connectivity index (χ2v) is 28.5. The van der Waals surface area contributed by atoms with Gasteiger partial charge in [-0.3, -0.25) is 43.2 Å². The predicted octanol–water partition coefficient (Wildman–Crippen LogP) is 5.05. The standard InChI is InChI=1S/C67H99N3O24/c1-19-83-56(79)32(4)68-54(77)49-46(87-36(8)72)48(89-38(10)74)52(94-60-51(90-39(11)75)47(88-37(9)73)45(86-35(7)71)50(93-60)55(78)69-33(5)57(80)84-20-2)59(92-49)91-44-23-24-65(16)43(62(44,12)13)22-25-67(18)53(65)42(76)30-40-41-31-64(15,61(82)70-34(6)58(81)85-21-3)27-26-63(41,14)28-29-66(40,67)17/h30,32-34,41,43-53,59-60H,19-29,31H2,1-18H3,(H,68,77)(H,69,78)(H,70,82). The summed E-state index contributed by atoms with van der Waals surface area (Å²) < 4.78 is 71.3. The van der Waals surface area contributed by atoms with Crippen LogP contribution in [0.15, 0.2) is 11.6 Å². The molecule has 0 aromatic heterocycles. The average Bonchev–Trinajstić information content (AvgIpc) is 0.674. The molecular weight excluding hydrogens is 1230 g/mol. The van der Waals surface area contributed by atoms with E-state index in [0.717, 1.165) is 59.5 Å². The molecule has 6 fully saturated rings. The van der Waals surface area contributed by atoms with Crippen molar-refractivity contribution < 1.29 is 114 Å². The Balaban J connectivity index is 1.31. The van der Waals surface area contributed by atoms with Gasteiger partial charge in [0, 0.05) is 46.0 Å². The van der Waals surface area contributed by atoms with Crippen LogP contribution in [0, 0.1) is 50.2 Å². The third-order valence-electron chi connectivity index (χ3n) is 21.7. The number of carbonyl (C=O) groups excluding carboxylic acids is 12. The van der Waals surface area contributed by atoms with Crippen molar-refractivity contribution in [3.63, 3.8) is 0 Å². The Kier molecular flexibility index (Phi) is 23.1. The van der Waals surface area contributed by atoms with Crippen LogP contribution in [0.1, 0.15) is 182 Å². The summed E-state index contributed by atoms with van der Waals surface area (Å²) in [6, 6.07) is -3.53. The van der Waals surface area contributed by atoms with Crippen LogP contribution in [-0.2, 0) is 114 Å². The average molecular weight is 1330 g/mol. The van der Waals surface area contributed by atoms with Crippen molar-refractivity contribution in [3.05, 3.63) is 11.6 Å². The molecule has 0 radical (unpaired) electrons. The summed E-state index contributed by atoms with van der Waals surface area (Å²) >= 11 is 0. The van der Waals surface area contributed by atoms with Gasteiger partial charge in [0.1, 0.15) is 18.1 Å². The van der Waals surface area contributed by atoms with Gasteiger partial charge in [0.25, 0.3) is 11.8 Å². The number of esters is 8. The third kappa shape index (κ3) is 14.9. The molecule has 3 amide bonds. The Morgan fingerprint density at radius 3 is 1.41 bits per heavy atom. The van der Waals surface area contributed by atoms with Gasteiger partial charge in [-0.15, -0.1) is 0 Å². The molecule has 0 spiro atoms. The number of ketones is 1. The Hall–Kier alpha value is -6.58. The van der Waals surface area contributed by atoms with Crippen LogP contribution < -0.4 is 16.0 Å². The first kappa shape index (κ1) is 74.8. The summed E-state index contributed by atoms with van der Waals surface area (Å²) in [5, 5.41) is 7.88. The molecule has 4 saturated carbocycles. The van der Waals surface area contributed by atoms with Gasteiger partial charge in [0.05, 0.1) is 25.9 Å². The van der Waals surface area contributed by atoms with E-state index >= 15 is 4.79 Å². The molecule has 526 valence electrons. The van der Waals surface area contributed by atoms with E-state index in [2.05, 4.69) is 43.6 Å². The normalized spacial score (nSPS) is 37.3. The van der Waals surface area contributed by atoms with Crippen LogP contribution in [0.5, 0.6) is 0 Å². The number of allylic oxidation sites excluding steroid dienone is 2. The van der Waals surface area contributed by atoms with Gasteiger partial charge in [-0.25, -0.2) is 14.4 Å². The lowest BCUT2D eigenvalue weighted by molar-refractivity contribution is -0.370. The molecule has 0 aromatic carbocycles. The molecule has 94 heavy (non-hydrogen) atoms. The predicted molar refractivity (Wildman–Crippen MR) is 327 cm³/mol. The van der Waals surface area contributed by atoms with Crippen molar-refractivity contribution >= 4 is 71.3 Å². The second-order valence-electron chi connectivity index (χ2n) is 28.5. The van der Waals surface area contributed by atoms with Gasteiger partial charge in [-0.2, -0.15) is 0 Å². The molecule has 0 bridgehead atoms. The van der Waals surface area contributed by atoms with Crippen molar-refractivity contribution in [1.29, 1.82) is 0 Å². The molecule has 7 aliphatic rings. The van der Waals surface area contributed by atoms with Gasteiger partial charge >= 0.3 is 47.8 Å². The summed E-state index contributed by atoms with van der Waals surface area (Å²) in [5.74, 6) is -10.7. The number of rotatable bonds is 21. The third-order valence-corrected chi connectivity index (χ3v) is 21.7. The minimum Gasteiger partial charge on any atom is -0.464 e. The number of ether oxygens (including phenoxy) is 12. The number of fused-ring (bicyclic) bond motifs is 7. The van der Waals surface area contributed by atoms with E-state index in [0.29, 0.717) is 32.1 Å². The van der Waals surface area contributed by atoms with Crippen molar-refractivity contribution in [2.75, 3.05) is 19.8 Å². The second kappa shape index (κ2) is 29.0. The summed E-state index contributed by atoms with van der Waals surface area (Å²) in [6.45, 7) is 28.9. The first-order chi connectivity index (χ1) is 43.8. The highest BCUT2D eigenvalue weighted by Gasteiger charge is 2.71. The Bertz CT molecular complexity index is 2990. The topological polar surface area (TPSA) is 352 Å². The smallest absolute Gasteiger partial charge is 0.328 e. The molecule has 0 aromatic rings. The lowest BCUT2D eigenvalue weighted by Crippen LogP contribution is -2.70. The van der Waals surface area contributed by atoms with Gasteiger partial charge in [0.2, 0.25) is 5.91 Å². The van der Waals surface area contributed by atoms with E-state index in [-0.39, 0.29) is 55.2 Å². The summed E-state index contributed by atoms with van der Waals surface area (Å²) in [4.78, 5) is 164. The molecule has 22 unspecified atom stereocenters. The summed E-state index contributed by atoms with van der Waals surface area (Å²) in [5.41, 5.74) is -2.62. The summed E-state index contributed by atoms with van der Waals surface area (Å²) in [6.07, 6.45) is -13.5. The fraction of sp³-hybridized carbons (Fsp3) is 0.791. The number of hydrogen-bond acceptors (Lipinski definition) is 24. The van der Waals surface area contributed by atoms with E-state index in [9.17, 15) is 52.7 Å². The number of carbonyl (C=O) groups is 12. The quantitative estimate of drug-likeness (QED) is 0.0769. The highest BCUT2D eigenvalue weighted by atomic mass is 16.8. The summed E-state index contributed by atoms with van der Waals surface area (Å²) in [7, 11) is 0. The molecule has 3 N–H and O–H groups in total. The van der Waals surface area contributed by atoms with Gasteiger partial charge in [0.15, 0.2) is 67.2 Å². The van der Waals surface area contributed by atoms with Gasteiger partial charge < -0.3 is 72.8 Å². The van der Waals surface area contributed by atoms with Crippen LogP contribution in [-0.4, -0.2) is 177 Å². The van der Waals surface area contributed by atoms with Crippen LogP contribution >= 0.6 is 0 Å². The first-order valence-corrected chi connectivity index (χ1v) is 32.9. The molecule has 27 heteroatoms. The van der Waals surface area contributed by atoms with E-state index in [1.807, 2.05) is 26.8 Å². The molecule has 5 aliphatic carbocycles. The Morgan fingerprint density at radius 1 is 0.521 bits per heavy atom. The fourth-order valence-corrected chi connectivity index (χ4v) is 16.9. The Labute approximate surface area is 549 Å². The van der Waals surface area contributed by atoms with Gasteiger partial charge in [-0.1, -0.05) is 54.0 Å². The maximum Gasteiger partial charge on any atom is 0.328 e. The number of hydrogen-bond donors (Lipinski definition) is 3. The molecule has 7 rings (SSSR count). The molecule has 27 nitrogen and oxygen atoms in total. The van der Waals surface area contributed by atoms with Crippen LogP contribution in [0.2, 0.25) is 0 Å². The van der Waals surface area contributed by atoms with E-state index < -0.39 is 178 Å². The molecule has 2 saturated heterocycles. The van der Waals surface area contributed by atoms with E-state index in [4.69, 9.17) is 56.8 Å². The van der Waals surface area contributed by atoms with Crippen molar-refractivity contribution in [3.8, 4) is 0 Å². The fourth-order valence-electron chi connectivity index (χ4n) is 16.9. The molecular formula is C67H99N3O24. The number of amides is 3. The van der Waals surface area contributed by atoms with Crippen LogP contribution in [0.4, 0.5) is 0 Å². The zero-order chi connectivity index (χ0) is 70.1. The highest BCUT2D eigenvalue weighted by Crippen LogP contribution is 2.75. The van der Waals surface area contributed by atoms with E-state index in [1.165, 1.54) is 13.8 Å². The largest absolute Gasteiger partial charge is 0.464 e. The minimum atomic E-state index is -2.16. The van der Waals surface area contributed by atoms with Crippen LogP contribution in [0.3, 0.4) is 0 Å². The zero-order valence-electron chi connectivity index (χ0n) is 57.7. The van der Waals surface area contributed by atoms with Gasteiger partial charge in [-0.05, 0) is 144 Å². The van der Waals surface area contributed by atoms with Crippen molar-refractivity contribution in [2.24, 2.45) is 50.2 Å². The Morgan fingerprint density at radius 2 is 0.947 bits per heavy atom. The van der Waals surface area contributed by atoms with Crippen molar-refractivity contribution in [2.45, 2.75) is 268 Å². The minimum absolute atomic E-state index is 0.00915. The maximum absolute atomic E-state index is 15.6. The SMILES string of the molecule is CCOC(=O)C(C)NC(=O)C1OC(OC2C(OC3CCC4(C)C(CCC5(C)C4C(=O)C=C4C6CC(C)(C(=O)NC(C)C(=O)OCC)CCC6(C)CCC45C)C3(C)C)OC(C(=O)NC(C)C(=O)OCC)C(OC(C)=O)C2OC(C)=O)C(OC(C)=O)C(OC(C)=O)C1OC(C)=O. The monoisotopic (exact) mass is 1330 g/mol. The zero-order valence-corrected chi connectivity index (χ0v) is 57.7. The van der Waals surface area contributed by atoms with E-state index in [1.54, 1.807) is 27.7 Å². The van der Waals surface area contributed by atoms with Crippen LogP contribution in [0.25, 0.3) is 0 Å². The lowest BCUT2D eigenvalue weighted by Gasteiger charge is -2.70.